The van der Waals surface area contributed by atoms with Crippen molar-refractivity contribution in [3.63, 3.8) is 0 Å². The third-order valence-corrected chi connectivity index (χ3v) is 6.18. The first-order valence-electron chi connectivity index (χ1n) is 11.6. The van der Waals surface area contributed by atoms with Crippen LogP contribution in [0.15, 0.2) is 36.4 Å². The van der Waals surface area contributed by atoms with Gasteiger partial charge in [0.25, 0.3) is 0 Å². The molecule has 3 rings (SSSR count). The molecule has 0 aliphatic carbocycles. The van der Waals surface area contributed by atoms with Gasteiger partial charge in [0.2, 0.25) is 23.1 Å². The molecule has 0 amide bonds. The van der Waals surface area contributed by atoms with Crippen LogP contribution in [0.25, 0.3) is 21.8 Å². The number of hydrogen-bond acceptors (Lipinski definition) is 5. The third kappa shape index (κ3) is 5.71. The van der Waals surface area contributed by atoms with Crippen LogP contribution < -0.4 is 0 Å². The highest BCUT2D eigenvalue weighted by atomic mass is 19.3. The van der Waals surface area contributed by atoms with Crippen LogP contribution in [0.2, 0.25) is 0 Å². The first kappa shape index (κ1) is 29.5. The molecule has 13 heteroatoms. The number of aliphatic carboxylic acids is 1. The average molecular weight is 557 g/mol. The summed E-state index contributed by atoms with van der Waals surface area (Å²) in [5.41, 5.74) is -0.749. The van der Waals surface area contributed by atoms with Crippen molar-refractivity contribution in [2.24, 2.45) is 0 Å². The second kappa shape index (κ2) is 11.4. The molecule has 39 heavy (non-hydrogen) atoms. The van der Waals surface area contributed by atoms with Crippen LogP contribution in [0.4, 0.5) is 26.3 Å². The van der Waals surface area contributed by atoms with Crippen LogP contribution in [-0.4, -0.2) is 64.0 Å². The van der Waals surface area contributed by atoms with Crippen molar-refractivity contribution in [2.45, 2.75) is 44.1 Å². The van der Waals surface area contributed by atoms with Crippen molar-refractivity contribution in [2.75, 3.05) is 13.3 Å². The second-order valence-electron chi connectivity index (χ2n) is 8.74. The topological polar surface area (TPSA) is 111 Å². The Labute approximate surface area is 216 Å². The van der Waals surface area contributed by atoms with Crippen molar-refractivity contribution in [3.8, 4) is 0 Å². The number of carbonyl (C=O) groups excluding carboxylic acids is 4. The molecule has 208 valence electrons. The fraction of sp³-hybridized carbons (Fsp3) is 0.346. The number of aryl methyl sites for hydroxylation is 1. The van der Waals surface area contributed by atoms with E-state index in [2.05, 4.69) is 0 Å². The van der Waals surface area contributed by atoms with Crippen molar-refractivity contribution < 1.29 is 55.4 Å². The summed E-state index contributed by atoms with van der Waals surface area (Å²) >= 11 is 0. The van der Waals surface area contributed by atoms with Gasteiger partial charge in [0.1, 0.15) is 0 Å². The van der Waals surface area contributed by atoms with Gasteiger partial charge in [-0.25, -0.2) is 8.78 Å². The van der Waals surface area contributed by atoms with E-state index in [0.717, 1.165) is 24.3 Å². The molecular formula is C26H21F6NO6. The van der Waals surface area contributed by atoms with Gasteiger partial charge in [-0.1, -0.05) is 6.42 Å². The molecule has 0 fully saturated rings. The predicted octanol–water partition coefficient (Wildman–Crippen LogP) is 5.15. The number of unbranched alkanes of at least 4 members (excludes halogenated alkanes) is 2. The summed E-state index contributed by atoms with van der Waals surface area (Å²) in [6.45, 7) is -3.92. The summed E-state index contributed by atoms with van der Waals surface area (Å²) in [6.07, 6.45) is 1.22. The van der Waals surface area contributed by atoms with Crippen molar-refractivity contribution in [1.29, 1.82) is 0 Å². The maximum absolute atomic E-state index is 14.1. The molecule has 1 heterocycles. The van der Waals surface area contributed by atoms with Crippen LogP contribution in [0.3, 0.4) is 0 Å². The highest BCUT2D eigenvalue weighted by Gasteiger charge is 2.48. The molecule has 3 aromatic rings. The Balaban J connectivity index is 2.15. The minimum absolute atomic E-state index is 0.0414. The number of alkyl halides is 6. The molecule has 0 atom stereocenters. The lowest BCUT2D eigenvalue weighted by atomic mass is 9.98. The maximum atomic E-state index is 14.1. The summed E-state index contributed by atoms with van der Waals surface area (Å²) < 4.78 is 83.4. The Morgan fingerprint density at radius 2 is 1.13 bits per heavy atom. The summed E-state index contributed by atoms with van der Waals surface area (Å²) in [5.74, 6) is -18.8. The van der Waals surface area contributed by atoms with Crippen LogP contribution in [0, 0.1) is 0 Å². The van der Waals surface area contributed by atoms with Gasteiger partial charge in [-0.05, 0) is 49.2 Å². The van der Waals surface area contributed by atoms with E-state index in [0.29, 0.717) is 30.3 Å². The van der Waals surface area contributed by atoms with Crippen LogP contribution in [0.5, 0.6) is 0 Å². The molecule has 0 aliphatic heterocycles. The monoisotopic (exact) mass is 557 g/mol. The molecule has 7 nitrogen and oxygen atoms in total. The van der Waals surface area contributed by atoms with Crippen molar-refractivity contribution in [3.05, 3.63) is 47.5 Å². The van der Waals surface area contributed by atoms with Gasteiger partial charge < -0.3 is 9.67 Å². The zero-order valence-corrected chi connectivity index (χ0v) is 20.1. The number of carboxylic acids is 1. The number of carbonyl (C=O) groups is 5. The van der Waals surface area contributed by atoms with E-state index < -0.39 is 65.4 Å². The van der Waals surface area contributed by atoms with Crippen LogP contribution >= 0.6 is 0 Å². The zero-order valence-electron chi connectivity index (χ0n) is 20.1. The number of carboxylic acid groups (broad SMARTS) is 1. The number of Topliss-reactive ketones (excluding diaryl/α,β-unsaturated/α-hetero) is 4. The fourth-order valence-electron chi connectivity index (χ4n) is 4.13. The Morgan fingerprint density at radius 1 is 0.692 bits per heavy atom. The van der Waals surface area contributed by atoms with Crippen LogP contribution in [-0.2, 0) is 20.9 Å². The number of rotatable bonds is 14. The lowest BCUT2D eigenvalue weighted by Crippen LogP contribution is -2.39. The molecular weight excluding hydrogens is 536 g/mol. The Kier molecular flexibility index (Phi) is 8.61. The third-order valence-electron chi connectivity index (χ3n) is 6.18. The minimum atomic E-state index is -4.67. The van der Waals surface area contributed by atoms with E-state index in [1.807, 2.05) is 0 Å². The van der Waals surface area contributed by atoms with Gasteiger partial charge in [0.15, 0.2) is 13.3 Å². The number of nitrogens with zero attached hydrogens (tertiary/aromatic N) is 1. The molecule has 2 aromatic carbocycles. The first-order valence-corrected chi connectivity index (χ1v) is 11.6. The Bertz CT molecular complexity index is 1380. The summed E-state index contributed by atoms with van der Waals surface area (Å²) in [5, 5.41) is 8.87. The molecule has 0 unspecified atom stereocenters. The zero-order chi connectivity index (χ0) is 29.1. The molecule has 0 radical (unpaired) electrons. The van der Waals surface area contributed by atoms with E-state index in [1.165, 1.54) is 12.1 Å². The van der Waals surface area contributed by atoms with Crippen molar-refractivity contribution in [1.82, 2.24) is 4.57 Å². The highest BCUT2D eigenvalue weighted by Crippen LogP contribution is 2.34. The lowest BCUT2D eigenvalue weighted by Gasteiger charge is -2.12. The number of ketones is 4. The first-order chi connectivity index (χ1) is 18.3. The molecule has 0 bridgehead atoms. The summed E-state index contributed by atoms with van der Waals surface area (Å²) in [4.78, 5) is 58.0. The van der Waals surface area contributed by atoms with Gasteiger partial charge >= 0.3 is 17.8 Å². The van der Waals surface area contributed by atoms with Gasteiger partial charge in [-0.2, -0.15) is 17.6 Å². The van der Waals surface area contributed by atoms with E-state index >= 15 is 0 Å². The van der Waals surface area contributed by atoms with Gasteiger partial charge in [-0.3, -0.25) is 24.0 Å². The fourth-order valence-corrected chi connectivity index (χ4v) is 4.13. The van der Waals surface area contributed by atoms with E-state index in [9.17, 15) is 50.3 Å². The Hall–Kier alpha value is -4.03. The number of halogens is 6. The predicted molar refractivity (Wildman–Crippen MR) is 126 cm³/mol. The number of benzene rings is 2. The molecule has 0 saturated carbocycles. The quantitative estimate of drug-likeness (QED) is 0.127. The number of fused-ring (bicyclic) bond motifs is 3. The molecule has 1 N–H and O–H groups in total. The molecule has 0 aliphatic rings. The SMILES string of the molecule is O=C(O)CCCCCn1c2ccc(C(=O)C(F)(F)C(=O)CF)cc2c2cc(C(=O)C(F)(F)C(=O)CF)ccc21. The van der Waals surface area contributed by atoms with Crippen molar-refractivity contribution >= 4 is 50.9 Å². The number of hydrogen-bond donors (Lipinski definition) is 1. The van der Waals surface area contributed by atoms with E-state index in [-0.39, 0.29) is 23.7 Å². The minimum Gasteiger partial charge on any atom is -0.481 e. The highest BCUT2D eigenvalue weighted by molar-refractivity contribution is 6.20. The van der Waals surface area contributed by atoms with E-state index in [4.69, 9.17) is 5.11 Å². The summed E-state index contributed by atoms with van der Waals surface area (Å²) in [6, 6.07) is 6.34. The van der Waals surface area contributed by atoms with Gasteiger partial charge in [0.05, 0.1) is 0 Å². The largest absolute Gasteiger partial charge is 0.481 e. The standard InChI is InChI=1S/C26H21F6NO6/c27-12-20(34)25(29,30)23(38)14-5-7-18-16(10-14)17-11-15(24(39)26(31,32)21(35)13-28)6-8-19(17)33(18)9-3-1-2-4-22(36)37/h5-8,10-11H,1-4,9,12-13H2,(H,36,37). The molecule has 0 saturated heterocycles. The Morgan fingerprint density at radius 3 is 1.51 bits per heavy atom. The smallest absolute Gasteiger partial charge is 0.369 e. The van der Waals surface area contributed by atoms with Gasteiger partial charge in [-0.15, -0.1) is 0 Å². The summed E-state index contributed by atoms with van der Waals surface area (Å²) in [7, 11) is 0. The van der Waals surface area contributed by atoms with Crippen LogP contribution in [0.1, 0.15) is 46.4 Å². The normalized spacial score (nSPS) is 12.2. The molecule has 0 spiro atoms. The van der Waals surface area contributed by atoms with Gasteiger partial charge in [0, 0.05) is 45.9 Å². The molecule has 1 aromatic heterocycles. The maximum Gasteiger partial charge on any atom is 0.369 e. The number of aromatic nitrogens is 1. The average Bonchev–Trinajstić information content (AvgIpc) is 3.22. The van der Waals surface area contributed by atoms with E-state index in [1.54, 1.807) is 4.57 Å². The second-order valence-corrected chi connectivity index (χ2v) is 8.74. The lowest BCUT2D eigenvalue weighted by molar-refractivity contribution is -0.138.